The molecule has 0 radical (unpaired) electrons. The number of rotatable bonds is 0. The third kappa shape index (κ3) is 1.17. The van der Waals surface area contributed by atoms with Gasteiger partial charge in [-0.25, -0.2) is 0 Å². The molecule has 12 heavy (non-hydrogen) atoms. The van der Waals surface area contributed by atoms with Gasteiger partial charge >= 0.3 is 0 Å². The molecule has 0 amide bonds. The molecular weight excluding hydrogens is 168 g/mol. The lowest BCUT2D eigenvalue weighted by molar-refractivity contribution is 1.52. The molecule has 0 saturated heterocycles. The van der Waals surface area contributed by atoms with Crippen molar-refractivity contribution >= 4 is 23.7 Å². The number of benzene rings is 1. The maximum Gasteiger partial charge on any atom is 0.108 e. The molecule has 1 aromatic rings. The van der Waals surface area contributed by atoms with Crippen LogP contribution in [-0.4, -0.2) is 0 Å². The van der Waals surface area contributed by atoms with E-state index in [1.807, 2.05) is 30.3 Å². The van der Waals surface area contributed by atoms with Gasteiger partial charge in [-0.05, 0) is 24.1 Å². The van der Waals surface area contributed by atoms with E-state index in [4.69, 9.17) is 5.26 Å². The second-order valence-electron chi connectivity index (χ2n) is 2.41. The van der Waals surface area contributed by atoms with Gasteiger partial charge in [0, 0.05) is 5.56 Å². The monoisotopic (exact) mass is 174 g/mol. The zero-order valence-electron chi connectivity index (χ0n) is 6.24. The number of anilines is 1. The highest BCUT2D eigenvalue weighted by Crippen LogP contribution is 2.30. The third-order valence-electron chi connectivity index (χ3n) is 1.63. The molecule has 2 rings (SSSR count). The lowest BCUT2D eigenvalue weighted by atomic mass is 10.1. The van der Waals surface area contributed by atoms with Gasteiger partial charge in [-0.1, -0.05) is 18.2 Å². The number of nitriles is 1. The van der Waals surface area contributed by atoms with E-state index < -0.39 is 0 Å². The fourth-order valence-corrected chi connectivity index (χ4v) is 1.69. The van der Waals surface area contributed by atoms with Crippen LogP contribution in [0.15, 0.2) is 29.2 Å². The minimum absolute atomic E-state index is 0.703. The van der Waals surface area contributed by atoms with E-state index in [0.29, 0.717) is 4.91 Å². The van der Waals surface area contributed by atoms with Gasteiger partial charge in [-0.2, -0.15) is 5.26 Å². The summed E-state index contributed by atoms with van der Waals surface area (Å²) in [6.45, 7) is 0. The molecule has 1 heterocycles. The van der Waals surface area contributed by atoms with Crippen LogP contribution in [0.2, 0.25) is 0 Å². The quantitative estimate of drug-likeness (QED) is 0.614. The maximum absolute atomic E-state index is 8.64. The zero-order chi connectivity index (χ0) is 8.39. The van der Waals surface area contributed by atoms with Crippen molar-refractivity contribution in [1.82, 2.24) is 0 Å². The van der Waals surface area contributed by atoms with E-state index in [9.17, 15) is 0 Å². The molecule has 0 spiro atoms. The Hall–Kier alpha value is -1.40. The van der Waals surface area contributed by atoms with Crippen molar-refractivity contribution in [1.29, 1.82) is 5.26 Å². The molecule has 0 aliphatic carbocycles. The van der Waals surface area contributed by atoms with Crippen molar-refractivity contribution < 1.29 is 0 Å². The topological polar surface area (TPSA) is 35.8 Å². The summed E-state index contributed by atoms with van der Waals surface area (Å²) in [5.41, 5.74) is 2.15. The van der Waals surface area contributed by atoms with Crippen LogP contribution >= 0.6 is 11.9 Å². The first kappa shape index (κ1) is 7.26. The van der Waals surface area contributed by atoms with Crippen LogP contribution in [0.4, 0.5) is 5.69 Å². The molecule has 1 aromatic carbocycles. The van der Waals surface area contributed by atoms with E-state index >= 15 is 0 Å². The second-order valence-corrected chi connectivity index (χ2v) is 3.26. The van der Waals surface area contributed by atoms with Crippen LogP contribution < -0.4 is 4.72 Å². The Morgan fingerprint density at radius 2 is 2.17 bits per heavy atom. The summed E-state index contributed by atoms with van der Waals surface area (Å²) in [5, 5.41) is 8.64. The van der Waals surface area contributed by atoms with Gasteiger partial charge in [0.25, 0.3) is 0 Å². The summed E-state index contributed by atoms with van der Waals surface area (Å²) >= 11 is 1.36. The molecule has 0 bridgehead atoms. The van der Waals surface area contributed by atoms with Crippen molar-refractivity contribution in [2.24, 2.45) is 0 Å². The normalized spacial score (nSPS) is 13.8. The Morgan fingerprint density at radius 3 is 3.00 bits per heavy atom. The average molecular weight is 174 g/mol. The Labute approximate surface area is 75.0 Å². The summed E-state index contributed by atoms with van der Waals surface area (Å²) in [7, 11) is 0. The molecule has 1 aliphatic heterocycles. The zero-order valence-corrected chi connectivity index (χ0v) is 7.06. The number of fused-ring (bicyclic) bond motifs is 1. The first-order valence-electron chi connectivity index (χ1n) is 3.54. The fourth-order valence-electron chi connectivity index (χ4n) is 1.05. The number of nitrogens with zero attached hydrogens (tertiary/aromatic N) is 1. The number of allylic oxidation sites excluding steroid dienone is 1. The predicted octanol–water partition coefficient (Wildman–Crippen LogP) is 2.62. The minimum Gasteiger partial charge on any atom is -0.324 e. The molecule has 1 aliphatic rings. The molecule has 0 atom stereocenters. The van der Waals surface area contributed by atoms with Crippen molar-refractivity contribution in [2.75, 3.05) is 4.72 Å². The molecule has 2 nitrogen and oxygen atoms in total. The van der Waals surface area contributed by atoms with Gasteiger partial charge < -0.3 is 4.72 Å². The molecule has 0 fully saturated rings. The SMILES string of the molecule is N#CC1=Cc2ccccc2NS1. The van der Waals surface area contributed by atoms with E-state index in [-0.39, 0.29) is 0 Å². The van der Waals surface area contributed by atoms with Gasteiger partial charge in [0.2, 0.25) is 0 Å². The van der Waals surface area contributed by atoms with Crippen LogP contribution in [0.5, 0.6) is 0 Å². The summed E-state index contributed by atoms with van der Waals surface area (Å²) in [5.74, 6) is 0. The number of hydrogen-bond donors (Lipinski definition) is 1. The van der Waals surface area contributed by atoms with E-state index in [2.05, 4.69) is 10.8 Å². The largest absolute Gasteiger partial charge is 0.324 e. The lowest BCUT2D eigenvalue weighted by Crippen LogP contribution is -1.95. The number of hydrogen-bond acceptors (Lipinski definition) is 3. The van der Waals surface area contributed by atoms with E-state index in [1.54, 1.807) is 0 Å². The molecule has 1 N–H and O–H groups in total. The third-order valence-corrected chi connectivity index (χ3v) is 2.38. The summed E-state index contributed by atoms with van der Waals surface area (Å²) < 4.78 is 3.09. The van der Waals surface area contributed by atoms with Gasteiger partial charge in [0.1, 0.15) is 11.0 Å². The van der Waals surface area contributed by atoms with Crippen molar-refractivity contribution in [3.63, 3.8) is 0 Å². The molecule has 0 aromatic heterocycles. The minimum atomic E-state index is 0.703. The van der Waals surface area contributed by atoms with E-state index in [1.165, 1.54) is 11.9 Å². The Bertz CT molecular complexity index is 376. The number of para-hydroxylation sites is 1. The van der Waals surface area contributed by atoms with Crippen LogP contribution in [0, 0.1) is 11.3 Å². The Kier molecular flexibility index (Phi) is 1.77. The molecule has 58 valence electrons. The van der Waals surface area contributed by atoms with Crippen molar-refractivity contribution in [3.8, 4) is 6.07 Å². The summed E-state index contributed by atoms with van der Waals surface area (Å²) in [4.78, 5) is 0.703. The Balaban J connectivity index is 2.49. The second kappa shape index (κ2) is 2.92. The Morgan fingerprint density at radius 1 is 1.33 bits per heavy atom. The summed E-state index contributed by atoms with van der Waals surface area (Å²) in [6.07, 6.45) is 1.89. The first-order chi connectivity index (χ1) is 5.90. The van der Waals surface area contributed by atoms with Crippen molar-refractivity contribution in [2.45, 2.75) is 0 Å². The molecule has 0 saturated carbocycles. The fraction of sp³-hybridized carbons (Fsp3) is 0. The highest BCUT2D eigenvalue weighted by molar-refractivity contribution is 8.04. The average Bonchev–Trinajstić information content (AvgIpc) is 2.17. The van der Waals surface area contributed by atoms with E-state index in [0.717, 1.165) is 11.3 Å². The van der Waals surface area contributed by atoms with Crippen LogP contribution in [-0.2, 0) is 0 Å². The smallest absolute Gasteiger partial charge is 0.108 e. The van der Waals surface area contributed by atoms with Gasteiger partial charge in [0.05, 0.1) is 5.69 Å². The summed E-state index contributed by atoms with van der Waals surface area (Å²) in [6, 6.07) is 10.0. The standard InChI is InChI=1S/C9H6N2S/c10-6-8-5-7-3-1-2-4-9(7)11-12-8/h1-5,11H. The highest BCUT2D eigenvalue weighted by atomic mass is 32.2. The van der Waals surface area contributed by atoms with Crippen molar-refractivity contribution in [3.05, 3.63) is 34.7 Å². The van der Waals surface area contributed by atoms with Crippen LogP contribution in [0.25, 0.3) is 6.08 Å². The van der Waals surface area contributed by atoms with Crippen LogP contribution in [0.3, 0.4) is 0 Å². The van der Waals surface area contributed by atoms with Crippen LogP contribution in [0.1, 0.15) is 5.56 Å². The van der Waals surface area contributed by atoms with Gasteiger partial charge in [0.15, 0.2) is 0 Å². The highest BCUT2D eigenvalue weighted by Gasteiger charge is 2.07. The maximum atomic E-state index is 8.64. The first-order valence-corrected chi connectivity index (χ1v) is 4.35. The lowest BCUT2D eigenvalue weighted by Gasteiger charge is -2.12. The predicted molar refractivity (Wildman–Crippen MR) is 51.2 cm³/mol. The molecular formula is C9H6N2S. The number of nitrogens with one attached hydrogen (secondary N) is 1. The molecule has 3 heteroatoms. The van der Waals surface area contributed by atoms with Gasteiger partial charge in [-0.15, -0.1) is 0 Å². The molecule has 0 unspecified atom stereocenters. The van der Waals surface area contributed by atoms with Gasteiger partial charge in [-0.3, -0.25) is 0 Å².